The Morgan fingerprint density at radius 1 is 1.08 bits per heavy atom. The number of sulfone groups is 1. The van der Waals surface area contributed by atoms with Crippen LogP contribution in [0.1, 0.15) is 11.6 Å². The number of ether oxygens (including phenoxy) is 2. The Hall–Kier alpha value is -2.81. The van der Waals surface area contributed by atoms with Crippen LogP contribution in [-0.2, 0) is 21.3 Å². The number of methoxy groups -OCH3 is 2. The molecule has 0 saturated carbocycles. The molecule has 0 aliphatic heterocycles. The molecule has 8 nitrogen and oxygen atoms in total. The van der Waals surface area contributed by atoms with Gasteiger partial charge < -0.3 is 18.4 Å². The molecule has 3 aromatic rings. The highest BCUT2D eigenvalue weighted by molar-refractivity contribution is 7.89. The van der Waals surface area contributed by atoms with Crippen molar-refractivity contribution in [2.24, 2.45) is 0 Å². The molecule has 0 aliphatic carbocycles. The molecule has 9 heteroatoms. The van der Waals surface area contributed by atoms with Crippen LogP contribution in [0.4, 0.5) is 0 Å². The molecule has 0 aliphatic rings. The Morgan fingerprint density at radius 3 is 2.56 bits per heavy atom. The van der Waals surface area contributed by atoms with Gasteiger partial charge in [-0.25, -0.2) is 8.42 Å². The van der Waals surface area contributed by atoms with Crippen molar-refractivity contribution in [1.82, 2.24) is 10.1 Å². The molecule has 0 unspecified atom stereocenters. The van der Waals surface area contributed by atoms with E-state index in [9.17, 15) is 8.42 Å². The van der Waals surface area contributed by atoms with Crippen molar-refractivity contribution >= 4 is 9.84 Å². The Labute approximate surface area is 144 Å². The fourth-order valence-electron chi connectivity index (χ4n) is 2.26. The van der Waals surface area contributed by atoms with Crippen LogP contribution in [0.5, 0.6) is 11.5 Å². The number of hydrogen-bond donors (Lipinski definition) is 0. The summed E-state index contributed by atoms with van der Waals surface area (Å²) in [5, 5.41) is 3.74. The highest BCUT2D eigenvalue weighted by Crippen LogP contribution is 2.31. The van der Waals surface area contributed by atoms with Crippen LogP contribution in [0.15, 0.2) is 45.5 Å². The first-order valence-electron chi connectivity index (χ1n) is 7.28. The predicted molar refractivity (Wildman–Crippen MR) is 87.9 cm³/mol. The highest BCUT2D eigenvalue weighted by atomic mass is 32.2. The Balaban J connectivity index is 1.78. The predicted octanol–water partition coefficient (Wildman–Crippen LogP) is 2.46. The van der Waals surface area contributed by atoms with Crippen molar-refractivity contribution in [2.45, 2.75) is 11.5 Å². The molecule has 2 heterocycles. The van der Waals surface area contributed by atoms with Gasteiger partial charge in [0.05, 0.1) is 20.5 Å². The van der Waals surface area contributed by atoms with Crippen molar-refractivity contribution in [3.63, 3.8) is 0 Å². The van der Waals surface area contributed by atoms with E-state index in [0.717, 1.165) is 0 Å². The van der Waals surface area contributed by atoms with Gasteiger partial charge in [0.1, 0.15) is 17.3 Å². The molecule has 1 aromatic carbocycles. The van der Waals surface area contributed by atoms with Gasteiger partial charge in [-0.3, -0.25) is 0 Å². The summed E-state index contributed by atoms with van der Waals surface area (Å²) in [4.78, 5) is 4.14. The molecule has 0 fully saturated rings. The molecule has 0 radical (unpaired) electrons. The summed E-state index contributed by atoms with van der Waals surface area (Å²) in [6.07, 6.45) is 1.42. The third-order valence-corrected chi connectivity index (χ3v) is 4.81. The Bertz CT molecular complexity index is 947. The minimum atomic E-state index is -3.47. The van der Waals surface area contributed by atoms with Gasteiger partial charge in [-0.15, -0.1) is 0 Å². The molecular weight excluding hydrogens is 348 g/mol. The van der Waals surface area contributed by atoms with E-state index in [-0.39, 0.29) is 23.2 Å². The number of furan rings is 1. The summed E-state index contributed by atoms with van der Waals surface area (Å²) >= 11 is 0. The first-order chi connectivity index (χ1) is 12.0. The zero-order chi connectivity index (χ0) is 17.9. The maximum atomic E-state index is 12.2. The molecule has 132 valence electrons. The molecule has 0 amide bonds. The minimum absolute atomic E-state index is 0.0799. The van der Waals surface area contributed by atoms with Gasteiger partial charge in [0.2, 0.25) is 0 Å². The van der Waals surface area contributed by atoms with Crippen molar-refractivity contribution in [3.8, 4) is 23.0 Å². The van der Waals surface area contributed by atoms with Gasteiger partial charge in [-0.2, -0.15) is 4.98 Å². The number of nitrogens with zero attached hydrogens (tertiary/aromatic N) is 2. The summed E-state index contributed by atoms with van der Waals surface area (Å²) in [5.74, 6) is 1.14. The lowest BCUT2D eigenvalue weighted by Gasteiger charge is -2.07. The fourth-order valence-corrected chi connectivity index (χ4v) is 3.47. The zero-order valence-electron chi connectivity index (χ0n) is 13.6. The van der Waals surface area contributed by atoms with E-state index in [0.29, 0.717) is 22.8 Å². The maximum Gasteiger partial charge on any atom is 0.258 e. The van der Waals surface area contributed by atoms with Crippen molar-refractivity contribution in [3.05, 3.63) is 48.2 Å². The lowest BCUT2D eigenvalue weighted by atomic mass is 10.2. The van der Waals surface area contributed by atoms with Crippen molar-refractivity contribution < 1.29 is 26.8 Å². The standard InChI is InChI=1S/C16H16N2O6S/c1-21-13-6-5-11(8-14(13)22-2)16-17-15(18-24-16)10-25(19,20)9-12-4-3-7-23-12/h3-8H,9-10H2,1-2H3. The molecule has 2 aromatic heterocycles. The van der Waals surface area contributed by atoms with Gasteiger partial charge >= 0.3 is 0 Å². The second-order valence-corrected chi connectivity index (χ2v) is 7.26. The van der Waals surface area contributed by atoms with Crippen molar-refractivity contribution in [2.75, 3.05) is 14.2 Å². The lowest BCUT2D eigenvalue weighted by Crippen LogP contribution is -2.08. The quantitative estimate of drug-likeness (QED) is 0.629. The molecule has 0 atom stereocenters. The molecule has 0 spiro atoms. The van der Waals surface area contributed by atoms with Gasteiger partial charge in [0, 0.05) is 5.56 Å². The molecule has 0 bridgehead atoms. The highest BCUT2D eigenvalue weighted by Gasteiger charge is 2.20. The number of aromatic nitrogens is 2. The van der Waals surface area contributed by atoms with Gasteiger partial charge in [-0.05, 0) is 30.3 Å². The van der Waals surface area contributed by atoms with E-state index in [1.807, 2.05) is 0 Å². The number of benzene rings is 1. The Kier molecular flexibility index (Phi) is 4.75. The average Bonchev–Trinajstić information content (AvgIpc) is 3.25. The normalized spacial score (nSPS) is 11.4. The molecule has 25 heavy (non-hydrogen) atoms. The van der Waals surface area contributed by atoms with Crippen LogP contribution in [0, 0.1) is 0 Å². The summed E-state index contributed by atoms with van der Waals surface area (Å²) in [7, 11) is -0.423. The first-order valence-corrected chi connectivity index (χ1v) is 9.10. The second-order valence-electron chi connectivity index (χ2n) is 5.20. The minimum Gasteiger partial charge on any atom is -0.493 e. The third-order valence-electron chi connectivity index (χ3n) is 3.39. The van der Waals surface area contributed by atoms with E-state index < -0.39 is 9.84 Å². The van der Waals surface area contributed by atoms with Crippen LogP contribution in [0.2, 0.25) is 0 Å². The number of hydrogen-bond acceptors (Lipinski definition) is 8. The van der Waals surface area contributed by atoms with E-state index >= 15 is 0 Å². The second kappa shape index (κ2) is 6.98. The van der Waals surface area contributed by atoms with E-state index in [2.05, 4.69) is 10.1 Å². The van der Waals surface area contributed by atoms with Crippen molar-refractivity contribution in [1.29, 1.82) is 0 Å². The monoisotopic (exact) mass is 364 g/mol. The van der Waals surface area contributed by atoms with Crippen LogP contribution in [-0.4, -0.2) is 32.8 Å². The average molecular weight is 364 g/mol. The van der Waals surface area contributed by atoms with Crippen LogP contribution in [0.25, 0.3) is 11.5 Å². The van der Waals surface area contributed by atoms with E-state index in [4.69, 9.17) is 18.4 Å². The summed E-state index contributed by atoms with van der Waals surface area (Å²) in [5.41, 5.74) is 0.597. The zero-order valence-corrected chi connectivity index (χ0v) is 14.4. The SMILES string of the molecule is COc1ccc(-c2nc(CS(=O)(=O)Cc3ccco3)no2)cc1OC. The summed E-state index contributed by atoms with van der Waals surface area (Å²) < 4.78 is 45.0. The first kappa shape index (κ1) is 17.0. The molecular formula is C16H16N2O6S. The van der Waals surface area contributed by atoms with Gasteiger partial charge in [0.15, 0.2) is 27.2 Å². The van der Waals surface area contributed by atoms with E-state index in [1.165, 1.54) is 20.5 Å². The lowest BCUT2D eigenvalue weighted by molar-refractivity contribution is 0.355. The van der Waals surface area contributed by atoms with Gasteiger partial charge in [0.25, 0.3) is 5.89 Å². The maximum absolute atomic E-state index is 12.2. The van der Waals surface area contributed by atoms with Crippen LogP contribution < -0.4 is 9.47 Å². The molecule has 0 saturated heterocycles. The molecule has 3 rings (SSSR count). The fraction of sp³-hybridized carbons (Fsp3) is 0.250. The largest absolute Gasteiger partial charge is 0.493 e. The van der Waals surface area contributed by atoms with E-state index in [1.54, 1.807) is 30.3 Å². The van der Waals surface area contributed by atoms with Crippen LogP contribution >= 0.6 is 0 Å². The summed E-state index contributed by atoms with van der Waals surface area (Å²) in [6, 6.07) is 8.33. The topological polar surface area (TPSA) is 105 Å². The summed E-state index contributed by atoms with van der Waals surface area (Å²) in [6.45, 7) is 0. The third kappa shape index (κ3) is 4.00. The smallest absolute Gasteiger partial charge is 0.258 e. The number of rotatable bonds is 7. The Morgan fingerprint density at radius 2 is 1.88 bits per heavy atom. The van der Waals surface area contributed by atoms with Gasteiger partial charge in [-0.1, -0.05) is 5.16 Å². The molecule has 0 N–H and O–H groups in total. The van der Waals surface area contributed by atoms with Crippen LogP contribution in [0.3, 0.4) is 0 Å².